The number of rotatable bonds is 6. The molecule has 4 rings (SSSR count). The van der Waals surface area contributed by atoms with E-state index in [2.05, 4.69) is 18.8 Å². The topological polar surface area (TPSA) is 174 Å². The van der Waals surface area contributed by atoms with Crippen LogP contribution in [0.3, 0.4) is 0 Å². The number of aromatic nitrogens is 1. The molecule has 194 valence electrons. The van der Waals surface area contributed by atoms with Crippen molar-refractivity contribution < 1.29 is 34.8 Å². The number of ketones is 2. The van der Waals surface area contributed by atoms with Crippen LogP contribution in [0.1, 0.15) is 49.9 Å². The van der Waals surface area contributed by atoms with Gasteiger partial charge in [-0.3, -0.25) is 24.3 Å². The van der Waals surface area contributed by atoms with Gasteiger partial charge in [0.05, 0.1) is 17.8 Å². The molecule has 3 aliphatic carbocycles. The average molecular weight is 500 g/mol. The third-order valence-electron chi connectivity index (χ3n) is 7.76. The van der Waals surface area contributed by atoms with E-state index in [1.165, 1.54) is 11.1 Å². The van der Waals surface area contributed by atoms with Gasteiger partial charge in [-0.15, -0.1) is 0 Å². The molecule has 4 atom stereocenters. The van der Waals surface area contributed by atoms with Crippen molar-refractivity contribution in [2.75, 3.05) is 14.1 Å². The van der Waals surface area contributed by atoms with Gasteiger partial charge in [0.25, 0.3) is 5.91 Å². The number of Topliss-reactive ketones (excluding diaryl/α,β-unsaturated/α-hetero) is 2. The minimum absolute atomic E-state index is 0.0624. The van der Waals surface area contributed by atoms with Crippen LogP contribution < -0.4 is 5.73 Å². The highest BCUT2D eigenvalue weighted by molar-refractivity contribution is 6.24. The number of pyridine rings is 1. The summed E-state index contributed by atoms with van der Waals surface area (Å²) in [5, 5.41) is 44.3. The summed E-state index contributed by atoms with van der Waals surface area (Å²) in [5.41, 5.74) is 3.15. The second kappa shape index (κ2) is 9.01. The van der Waals surface area contributed by atoms with E-state index in [0.29, 0.717) is 23.6 Å². The molecule has 1 aromatic rings. The second-order valence-electron chi connectivity index (χ2n) is 10.7. The van der Waals surface area contributed by atoms with Crippen LogP contribution in [0, 0.1) is 17.8 Å². The molecule has 10 nitrogen and oxygen atoms in total. The van der Waals surface area contributed by atoms with Gasteiger partial charge < -0.3 is 26.2 Å². The molecule has 0 radical (unpaired) electrons. The number of nitrogens with zero attached hydrogens (tertiary/aromatic N) is 2. The normalized spacial score (nSPS) is 27.9. The summed E-state index contributed by atoms with van der Waals surface area (Å²) in [6.45, 7) is 4.24. The number of hydrogen-bond donors (Lipinski definition) is 5. The van der Waals surface area contributed by atoms with E-state index in [9.17, 15) is 34.8 Å². The summed E-state index contributed by atoms with van der Waals surface area (Å²) < 4.78 is 0. The highest BCUT2D eigenvalue weighted by atomic mass is 16.3. The maximum absolute atomic E-state index is 13.8. The van der Waals surface area contributed by atoms with E-state index >= 15 is 0 Å². The minimum Gasteiger partial charge on any atom is -0.508 e. The number of carbonyl (C=O) groups is 3. The molecule has 1 aromatic heterocycles. The summed E-state index contributed by atoms with van der Waals surface area (Å²) in [5.74, 6) is -6.10. The number of aliphatic hydroxyl groups excluding tert-OH is 2. The van der Waals surface area contributed by atoms with Gasteiger partial charge in [-0.25, -0.2) is 0 Å². The number of aryl methyl sites for hydroxylation is 1. The third-order valence-corrected chi connectivity index (χ3v) is 7.76. The van der Waals surface area contributed by atoms with Crippen LogP contribution in [0.2, 0.25) is 0 Å². The molecule has 1 saturated carbocycles. The molecule has 0 unspecified atom stereocenters. The molecule has 0 saturated heterocycles. The Morgan fingerprint density at radius 1 is 1.25 bits per heavy atom. The first kappa shape index (κ1) is 25.8. The lowest BCUT2D eigenvalue weighted by Crippen LogP contribution is -2.65. The second-order valence-corrected chi connectivity index (χ2v) is 10.7. The lowest BCUT2D eigenvalue weighted by molar-refractivity contribution is -0.153. The molecule has 3 aliphatic rings. The molecular weight excluding hydrogens is 466 g/mol. The number of aromatic hydroxyl groups is 1. The van der Waals surface area contributed by atoms with Crippen LogP contribution in [-0.4, -0.2) is 73.5 Å². The van der Waals surface area contributed by atoms with Gasteiger partial charge in [-0.05, 0) is 57.2 Å². The maximum atomic E-state index is 13.8. The van der Waals surface area contributed by atoms with Crippen molar-refractivity contribution in [2.24, 2.45) is 23.5 Å². The number of hydrogen-bond acceptors (Lipinski definition) is 9. The Balaban J connectivity index is 1.88. The van der Waals surface area contributed by atoms with Gasteiger partial charge >= 0.3 is 0 Å². The Bertz CT molecular complexity index is 1220. The van der Waals surface area contributed by atoms with Crippen LogP contribution in [-0.2, 0) is 27.2 Å². The Morgan fingerprint density at radius 2 is 1.92 bits per heavy atom. The van der Waals surface area contributed by atoms with Gasteiger partial charge in [-0.2, -0.15) is 0 Å². The van der Waals surface area contributed by atoms with Crippen molar-refractivity contribution in [2.45, 2.75) is 57.6 Å². The van der Waals surface area contributed by atoms with Gasteiger partial charge in [0.1, 0.15) is 22.8 Å². The summed E-state index contributed by atoms with van der Waals surface area (Å²) in [4.78, 5) is 44.8. The summed E-state index contributed by atoms with van der Waals surface area (Å²) in [7, 11) is 3.14. The molecule has 6 N–H and O–H groups in total. The van der Waals surface area contributed by atoms with E-state index in [-0.39, 0.29) is 29.7 Å². The number of primary amides is 1. The zero-order valence-corrected chi connectivity index (χ0v) is 20.9. The first-order valence-electron chi connectivity index (χ1n) is 12.2. The van der Waals surface area contributed by atoms with E-state index in [4.69, 9.17) is 5.73 Å². The number of nitrogens with two attached hydrogens (primary N) is 1. The zero-order chi connectivity index (χ0) is 26.7. The van der Waals surface area contributed by atoms with Crippen molar-refractivity contribution in [1.29, 1.82) is 0 Å². The zero-order valence-electron chi connectivity index (χ0n) is 20.9. The molecule has 0 spiro atoms. The van der Waals surface area contributed by atoms with Crippen LogP contribution in [0.4, 0.5) is 0 Å². The van der Waals surface area contributed by atoms with Crippen molar-refractivity contribution in [3.8, 4) is 5.75 Å². The van der Waals surface area contributed by atoms with E-state index in [1.807, 2.05) is 0 Å². The minimum atomic E-state index is -2.63. The molecule has 1 heterocycles. The summed E-state index contributed by atoms with van der Waals surface area (Å²) in [6.07, 6.45) is 4.01. The van der Waals surface area contributed by atoms with Crippen molar-refractivity contribution >= 4 is 23.2 Å². The predicted molar refractivity (Wildman–Crippen MR) is 130 cm³/mol. The van der Waals surface area contributed by atoms with Crippen LogP contribution in [0.15, 0.2) is 23.1 Å². The van der Waals surface area contributed by atoms with Crippen molar-refractivity contribution in [3.05, 3.63) is 39.9 Å². The van der Waals surface area contributed by atoms with Crippen molar-refractivity contribution in [1.82, 2.24) is 9.88 Å². The van der Waals surface area contributed by atoms with Crippen molar-refractivity contribution in [3.63, 3.8) is 0 Å². The fraction of sp³-hybridized carbons (Fsp3) is 0.538. The molecule has 1 fully saturated rings. The molecule has 0 aliphatic heterocycles. The van der Waals surface area contributed by atoms with Gasteiger partial charge in [0.15, 0.2) is 11.4 Å². The first-order chi connectivity index (χ1) is 16.8. The Morgan fingerprint density at radius 3 is 2.50 bits per heavy atom. The number of amides is 1. The largest absolute Gasteiger partial charge is 0.508 e. The number of likely N-dealkylation sites (N-methyl/N-ethyl adjacent to an activating group) is 1. The number of carbonyl (C=O) groups excluding carboxylic acids is 3. The highest BCUT2D eigenvalue weighted by Gasteiger charge is 2.64. The lowest BCUT2D eigenvalue weighted by Gasteiger charge is -2.50. The van der Waals surface area contributed by atoms with Crippen LogP contribution >= 0.6 is 0 Å². The molecule has 10 heteroatoms. The van der Waals surface area contributed by atoms with E-state index in [1.54, 1.807) is 14.1 Å². The Labute approximate surface area is 209 Å². The third kappa shape index (κ3) is 3.70. The maximum Gasteiger partial charge on any atom is 0.255 e. The van der Waals surface area contributed by atoms with Gasteiger partial charge in [-0.1, -0.05) is 20.3 Å². The smallest absolute Gasteiger partial charge is 0.255 e. The van der Waals surface area contributed by atoms with Gasteiger partial charge in [0.2, 0.25) is 5.78 Å². The first-order valence-corrected chi connectivity index (χ1v) is 12.2. The van der Waals surface area contributed by atoms with Gasteiger partial charge in [0, 0.05) is 17.2 Å². The quantitative estimate of drug-likeness (QED) is 0.362. The van der Waals surface area contributed by atoms with E-state index in [0.717, 1.165) is 12.8 Å². The molecule has 36 heavy (non-hydrogen) atoms. The van der Waals surface area contributed by atoms with Crippen LogP contribution in [0.25, 0.3) is 5.76 Å². The molecular formula is C26H33N3O7. The highest BCUT2D eigenvalue weighted by Crippen LogP contribution is 2.52. The van der Waals surface area contributed by atoms with Crippen LogP contribution in [0.5, 0.6) is 5.75 Å². The monoisotopic (exact) mass is 499 g/mol. The lowest BCUT2D eigenvalue weighted by atomic mass is 9.57. The fourth-order valence-corrected chi connectivity index (χ4v) is 6.09. The molecule has 0 bridgehead atoms. The fourth-order valence-electron chi connectivity index (χ4n) is 6.09. The van der Waals surface area contributed by atoms with E-state index < -0.39 is 58.0 Å². The summed E-state index contributed by atoms with van der Waals surface area (Å²) in [6, 6.07) is -1.10. The SMILES string of the molecule is CC(C)CCCc1ncc(O)c2c1C[C@H]1C[C@H]3[C@H](N(C)C)C(=O)C(C(N)=O)=C(O)[C@@]3(O)C(=O)C1=C2O. The number of aliphatic hydroxyl groups is 3. The number of fused-ring (bicyclic) bond motifs is 3. The Hall–Kier alpha value is -3.24. The average Bonchev–Trinajstić information content (AvgIpc) is 2.77. The standard InChI is InChI=1S/C26H33N3O7/c1-11(2)6-5-7-15-13-8-12-9-14-20(29(3)4)22(32)19(25(27)35)24(34)26(14,36)23(33)17(12)21(31)18(13)16(30)10-28-15/h10-12,14,20,30-31,34,36H,5-9H2,1-4H3,(H2,27,35)/t12-,14-,20-,26-/m0/s1. The Kier molecular flexibility index (Phi) is 6.47. The molecule has 1 amide bonds. The molecule has 0 aromatic carbocycles. The predicted octanol–water partition coefficient (Wildman–Crippen LogP) is 1.34. The summed E-state index contributed by atoms with van der Waals surface area (Å²) >= 11 is 0.